The molecule has 3 nitrogen and oxygen atoms in total. The summed E-state index contributed by atoms with van der Waals surface area (Å²) in [5, 5.41) is -0.393. The molecular weight excluding hydrogens is 316 g/mol. The van der Waals surface area contributed by atoms with Gasteiger partial charge in [-0.2, -0.15) is 0 Å². The molecule has 8 heteroatoms. The lowest BCUT2D eigenvalue weighted by Crippen LogP contribution is -2.02. The fourth-order valence-electron chi connectivity index (χ4n) is 0.934. The van der Waals surface area contributed by atoms with E-state index < -0.39 is 20.5 Å². The molecule has 1 aromatic heterocycles. The van der Waals surface area contributed by atoms with Crippen LogP contribution in [0.3, 0.4) is 0 Å². The van der Waals surface area contributed by atoms with Gasteiger partial charge >= 0.3 is 0 Å². The maximum absolute atomic E-state index is 12.4. The number of nitrogens with zero attached hydrogens (tertiary/aromatic N) is 1. The van der Waals surface area contributed by atoms with Crippen molar-refractivity contribution < 1.29 is 17.2 Å². The molecule has 0 saturated heterocycles. The number of rotatable bonds is 3. The highest BCUT2D eigenvalue weighted by atomic mass is 79.9. The molecule has 84 valence electrons. The minimum atomic E-state index is -3.98. The van der Waals surface area contributed by atoms with E-state index in [1.807, 2.05) is 0 Å². The van der Waals surface area contributed by atoms with E-state index >= 15 is 0 Å². The largest absolute Gasteiger partial charge is 0.278 e. The minimum absolute atomic E-state index is 0.0346. The van der Waals surface area contributed by atoms with Gasteiger partial charge in [0, 0.05) is 21.6 Å². The van der Waals surface area contributed by atoms with Gasteiger partial charge in [-0.1, -0.05) is 15.9 Å². The Morgan fingerprint density at radius 2 is 2.07 bits per heavy atom. The Hall–Kier alpha value is -0.270. The fourth-order valence-corrected chi connectivity index (χ4v) is 2.09. The molecule has 0 N–H and O–H groups in total. The lowest BCUT2D eigenvalue weighted by atomic mass is 10.2. The van der Waals surface area contributed by atoms with Crippen LogP contribution in [0.4, 0.5) is 8.78 Å². The lowest BCUT2D eigenvalue weighted by molar-refractivity contribution is 0.150. The summed E-state index contributed by atoms with van der Waals surface area (Å²) in [6, 6.07) is 1.96. The van der Waals surface area contributed by atoms with E-state index in [0.29, 0.717) is 0 Å². The van der Waals surface area contributed by atoms with Crippen molar-refractivity contribution in [1.29, 1.82) is 0 Å². The van der Waals surface area contributed by atoms with E-state index in [0.717, 1.165) is 12.1 Å². The maximum Gasteiger partial charge on any atom is 0.278 e. The van der Waals surface area contributed by atoms with Crippen LogP contribution < -0.4 is 0 Å². The Balaban J connectivity index is 3.32. The summed E-state index contributed by atoms with van der Waals surface area (Å²) in [7, 11) is 1.04. The zero-order valence-electron chi connectivity index (χ0n) is 7.12. The summed E-state index contributed by atoms with van der Waals surface area (Å²) in [6.45, 7) is 0. The summed E-state index contributed by atoms with van der Waals surface area (Å²) in [6.07, 6.45) is -2.70. The van der Waals surface area contributed by atoms with Crippen molar-refractivity contribution in [3.8, 4) is 0 Å². The first-order valence-corrected chi connectivity index (χ1v) is 7.08. The van der Waals surface area contributed by atoms with E-state index in [9.17, 15) is 17.2 Å². The number of pyridine rings is 1. The summed E-state index contributed by atoms with van der Waals surface area (Å²) < 4.78 is 46.6. The predicted octanol–water partition coefficient (Wildman–Crippen LogP) is 2.84. The third-order valence-corrected chi connectivity index (χ3v) is 3.33. The van der Waals surface area contributed by atoms with Gasteiger partial charge in [0.05, 0.1) is 5.69 Å². The van der Waals surface area contributed by atoms with Crippen molar-refractivity contribution in [1.82, 2.24) is 4.98 Å². The Kier molecular flexibility index (Phi) is 4.02. The van der Waals surface area contributed by atoms with Crippen molar-refractivity contribution in [3.05, 3.63) is 23.4 Å². The molecule has 0 spiro atoms. The second kappa shape index (κ2) is 4.71. The van der Waals surface area contributed by atoms with Crippen molar-refractivity contribution in [3.63, 3.8) is 0 Å². The monoisotopic (exact) mass is 319 g/mol. The van der Waals surface area contributed by atoms with Crippen LogP contribution in [-0.2, 0) is 14.4 Å². The molecule has 0 aromatic carbocycles. The third kappa shape index (κ3) is 3.09. The highest BCUT2D eigenvalue weighted by Crippen LogP contribution is 2.25. The standard InChI is InChI=1S/C7H5BrClF2NO2S/c8-3-5-4(7(10)11)1-2-6(12-5)15(9,13)14/h1-2,7H,3H2. The maximum atomic E-state index is 12.4. The topological polar surface area (TPSA) is 47.0 Å². The van der Waals surface area contributed by atoms with Crippen LogP contribution in [-0.4, -0.2) is 13.4 Å². The molecule has 1 aromatic rings. The van der Waals surface area contributed by atoms with Crippen LogP contribution in [0, 0.1) is 0 Å². The normalized spacial score (nSPS) is 12.1. The Morgan fingerprint density at radius 1 is 1.47 bits per heavy atom. The Labute approximate surface area is 98.0 Å². The molecule has 0 atom stereocenters. The van der Waals surface area contributed by atoms with Crippen LogP contribution in [0.25, 0.3) is 0 Å². The second-order valence-electron chi connectivity index (χ2n) is 2.56. The summed E-state index contributed by atoms with van der Waals surface area (Å²) >= 11 is 2.94. The van der Waals surface area contributed by atoms with E-state index in [-0.39, 0.29) is 16.6 Å². The summed E-state index contributed by atoms with van der Waals surface area (Å²) in [4.78, 5) is 3.54. The molecule has 0 aliphatic rings. The number of alkyl halides is 3. The van der Waals surface area contributed by atoms with Gasteiger partial charge in [-0.15, -0.1) is 0 Å². The molecule has 0 bridgehead atoms. The van der Waals surface area contributed by atoms with Crippen molar-refractivity contribution in [2.75, 3.05) is 0 Å². The van der Waals surface area contributed by atoms with Crippen molar-refractivity contribution in [2.24, 2.45) is 0 Å². The zero-order chi connectivity index (χ0) is 11.6. The predicted molar refractivity (Wildman–Crippen MR) is 54.9 cm³/mol. The van der Waals surface area contributed by atoms with Crippen molar-refractivity contribution in [2.45, 2.75) is 16.8 Å². The molecule has 0 saturated carbocycles. The minimum Gasteiger partial charge on any atom is -0.239 e. The van der Waals surface area contributed by atoms with E-state index in [2.05, 4.69) is 20.9 Å². The molecule has 1 rings (SSSR count). The Bertz CT molecular complexity index is 466. The molecular formula is C7H5BrClF2NO2S. The highest BCUT2D eigenvalue weighted by Gasteiger charge is 2.18. The second-order valence-corrected chi connectivity index (χ2v) is 5.63. The van der Waals surface area contributed by atoms with Crippen LogP contribution in [0.1, 0.15) is 17.7 Å². The number of hydrogen-bond donors (Lipinski definition) is 0. The molecule has 0 fully saturated rings. The van der Waals surface area contributed by atoms with Gasteiger partial charge in [0.2, 0.25) is 0 Å². The van der Waals surface area contributed by atoms with Crippen molar-refractivity contribution >= 4 is 35.7 Å². The molecule has 0 unspecified atom stereocenters. The van der Waals surface area contributed by atoms with Gasteiger partial charge in [-0.25, -0.2) is 22.2 Å². The van der Waals surface area contributed by atoms with Gasteiger partial charge in [0.1, 0.15) is 0 Å². The zero-order valence-corrected chi connectivity index (χ0v) is 10.3. The SMILES string of the molecule is O=S(=O)(Cl)c1ccc(C(F)F)c(CBr)n1. The smallest absolute Gasteiger partial charge is 0.239 e. The molecule has 15 heavy (non-hydrogen) atoms. The van der Waals surface area contributed by atoms with E-state index in [4.69, 9.17) is 10.7 Å². The van der Waals surface area contributed by atoms with Gasteiger partial charge in [-0.05, 0) is 12.1 Å². The first-order chi connectivity index (χ1) is 6.86. The third-order valence-electron chi connectivity index (χ3n) is 1.60. The van der Waals surface area contributed by atoms with Gasteiger partial charge in [-0.3, -0.25) is 0 Å². The molecule has 1 heterocycles. The first kappa shape index (κ1) is 12.8. The number of halogens is 4. The molecule has 0 aliphatic heterocycles. The van der Waals surface area contributed by atoms with Gasteiger partial charge < -0.3 is 0 Å². The lowest BCUT2D eigenvalue weighted by Gasteiger charge is -2.06. The molecule has 0 amide bonds. The highest BCUT2D eigenvalue weighted by molar-refractivity contribution is 9.08. The quantitative estimate of drug-likeness (QED) is 0.635. The number of aromatic nitrogens is 1. The van der Waals surface area contributed by atoms with Gasteiger partial charge in [0.25, 0.3) is 15.5 Å². The van der Waals surface area contributed by atoms with E-state index in [1.165, 1.54) is 0 Å². The van der Waals surface area contributed by atoms with Crippen LogP contribution in [0.2, 0.25) is 0 Å². The summed E-state index contributed by atoms with van der Waals surface area (Å²) in [5.41, 5.74) is -0.345. The average molecular weight is 321 g/mol. The number of hydrogen-bond acceptors (Lipinski definition) is 3. The Morgan fingerprint density at radius 3 is 2.47 bits per heavy atom. The molecule has 0 radical (unpaired) electrons. The first-order valence-electron chi connectivity index (χ1n) is 3.65. The van der Waals surface area contributed by atoms with Gasteiger partial charge in [0.15, 0.2) is 5.03 Å². The van der Waals surface area contributed by atoms with Crippen LogP contribution in [0.5, 0.6) is 0 Å². The van der Waals surface area contributed by atoms with E-state index in [1.54, 1.807) is 0 Å². The van der Waals surface area contributed by atoms with Crippen LogP contribution in [0.15, 0.2) is 17.2 Å². The molecule has 0 aliphatic carbocycles. The van der Waals surface area contributed by atoms with Crippen LogP contribution >= 0.6 is 26.6 Å². The average Bonchev–Trinajstić information content (AvgIpc) is 2.15. The summed E-state index contributed by atoms with van der Waals surface area (Å²) in [5.74, 6) is 0. The fraction of sp³-hybridized carbons (Fsp3) is 0.286.